The summed E-state index contributed by atoms with van der Waals surface area (Å²) in [5, 5.41) is 12.8. The molecule has 1 aromatic carbocycles. The van der Waals surface area contributed by atoms with Crippen LogP contribution in [0.15, 0.2) is 24.3 Å². The number of anilines is 2. The summed E-state index contributed by atoms with van der Waals surface area (Å²) < 4.78 is 4.78. The first-order valence-corrected chi connectivity index (χ1v) is 6.38. The van der Waals surface area contributed by atoms with Crippen LogP contribution in [0.3, 0.4) is 0 Å². The number of hydrogen-bond donors (Lipinski definition) is 2. The van der Waals surface area contributed by atoms with E-state index >= 15 is 0 Å². The highest BCUT2D eigenvalue weighted by Crippen LogP contribution is 2.17. The topological polar surface area (TPSA) is 61.8 Å². The highest BCUT2D eigenvalue weighted by atomic mass is 16.5. The minimum atomic E-state index is -0.748. The summed E-state index contributed by atoms with van der Waals surface area (Å²) in [5.74, 6) is -0.376. The molecule has 0 aliphatic heterocycles. The van der Waals surface area contributed by atoms with Gasteiger partial charge in [-0.15, -0.1) is 0 Å². The molecule has 1 unspecified atom stereocenters. The van der Waals surface area contributed by atoms with Crippen LogP contribution < -0.4 is 10.2 Å². The predicted octanol–water partition coefficient (Wildman–Crippen LogP) is 1.48. The number of aliphatic hydroxyl groups is 1. The van der Waals surface area contributed by atoms with Gasteiger partial charge in [0.2, 0.25) is 0 Å². The van der Waals surface area contributed by atoms with Gasteiger partial charge in [-0.2, -0.15) is 0 Å². The number of rotatable bonds is 7. The van der Waals surface area contributed by atoms with Gasteiger partial charge in [-0.1, -0.05) is 6.07 Å². The molecule has 0 aromatic heterocycles. The average Bonchev–Trinajstić information content (AvgIpc) is 2.37. The number of benzene rings is 1. The first-order chi connectivity index (χ1) is 9.02. The Bertz CT molecular complexity index is 407. The molecule has 1 aromatic rings. The van der Waals surface area contributed by atoms with E-state index in [-0.39, 0.29) is 12.4 Å². The van der Waals surface area contributed by atoms with Crippen LogP contribution in [0.5, 0.6) is 0 Å². The minimum Gasteiger partial charge on any atom is -0.466 e. The normalized spacial score (nSPS) is 11.8. The van der Waals surface area contributed by atoms with Gasteiger partial charge in [0.1, 0.15) is 0 Å². The number of carbonyl (C=O) groups is 1. The molecule has 1 rings (SSSR count). The maximum atomic E-state index is 11.2. The largest absolute Gasteiger partial charge is 0.466 e. The van der Waals surface area contributed by atoms with Crippen molar-refractivity contribution in [2.24, 2.45) is 0 Å². The van der Waals surface area contributed by atoms with Crippen LogP contribution in [0.2, 0.25) is 0 Å². The van der Waals surface area contributed by atoms with Crippen molar-refractivity contribution in [3.63, 3.8) is 0 Å². The molecule has 0 saturated carbocycles. The molecule has 5 nitrogen and oxygen atoms in total. The Kier molecular flexibility index (Phi) is 6.15. The summed E-state index contributed by atoms with van der Waals surface area (Å²) >= 11 is 0. The van der Waals surface area contributed by atoms with Gasteiger partial charge in [0.25, 0.3) is 0 Å². The fourth-order valence-corrected chi connectivity index (χ4v) is 1.61. The fraction of sp³-hybridized carbons (Fsp3) is 0.500. The van der Waals surface area contributed by atoms with Gasteiger partial charge in [-0.05, 0) is 25.1 Å². The van der Waals surface area contributed by atoms with Crippen LogP contribution >= 0.6 is 0 Å². The summed E-state index contributed by atoms with van der Waals surface area (Å²) in [6.45, 7) is 2.40. The highest BCUT2D eigenvalue weighted by Gasteiger charge is 2.11. The number of carbonyl (C=O) groups excluding carboxylic acids is 1. The molecule has 0 fully saturated rings. The third-order valence-electron chi connectivity index (χ3n) is 2.61. The lowest BCUT2D eigenvalue weighted by Crippen LogP contribution is -2.24. The van der Waals surface area contributed by atoms with Crippen molar-refractivity contribution < 1.29 is 14.6 Å². The van der Waals surface area contributed by atoms with Crippen LogP contribution in [0.1, 0.15) is 13.3 Å². The lowest BCUT2D eigenvalue weighted by Gasteiger charge is -2.16. The molecule has 5 heteroatoms. The van der Waals surface area contributed by atoms with Gasteiger partial charge in [0.15, 0.2) is 0 Å². The second-order valence-electron chi connectivity index (χ2n) is 4.49. The van der Waals surface area contributed by atoms with Crippen LogP contribution in [0, 0.1) is 0 Å². The fourth-order valence-electron chi connectivity index (χ4n) is 1.61. The van der Waals surface area contributed by atoms with Gasteiger partial charge in [0, 0.05) is 32.0 Å². The van der Waals surface area contributed by atoms with E-state index in [1.807, 2.05) is 43.3 Å². The lowest BCUT2D eigenvalue weighted by molar-refractivity contribution is -0.145. The summed E-state index contributed by atoms with van der Waals surface area (Å²) in [6.07, 6.45) is -0.740. The zero-order valence-corrected chi connectivity index (χ0v) is 11.7. The Morgan fingerprint density at radius 3 is 2.84 bits per heavy atom. The number of nitrogens with zero attached hydrogens (tertiary/aromatic N) is 1. The Morgan fingerprint density at radius 1 is 1.47 bits per heavy atom. The summed E-state index contributed by atoms with van der Waals surface area (Å²) in [6, 6.07) is 7.84. The van der Waals surface area contributed by atoms with Crippen molar-refractivity contribution >= 4 is 17.3 Å². The molecular weight excluding hydrogens is 244 g/mol. The molecule has 0 amide bonds. The zero-order chi connectivity index (χ0) is 14.3. The predicted molar refractivity (Wildman–Crippen MR) is 76.5 cm³/mol. The molecule has 19 heavy (non-hydrogen) atoms. The molecule has 0 heterocycles. The number of esters is 1. The highest BCUT2D eigenvalue weighted by molar-refractivity contribution is 5.70. The Labute approximate surface area is 114 Å². The van der Waals surface area contributed by atoms with Crippen LogP contribution in [0.25, 0.3) is 0 Å². The van der Waals surface area contributed by atoms with Crippen LogP contribution in [-0.4, -0.2) is 44.4 Å². The van der Waals surface area contributed by atoms with E-state index in [1.54, 1.807) is 6.92 Å². The van der Waals surface area contributed by atoms with Crippen LogP contribution in [-0.2, 0) is 9.53 Å². The van der Waals surface area contributed by atoms with Crippen molar-refractivity contribution in [1.29, 1.82) is 0 Å². The van der Waals surface area contributed by atoms with Crippen molar-refractivity contribution in [3.8, 4) is 0 Å². The van der Waals surface area contributed by atoms with Gasteiger partial charge in [-0.3, -0.25) is 4.79 Å². The molecular formula is C14H22N2O3. The Hall–Kier alpha value is -1.75. The molecule has 0 bridgehead atoms. The Balaban J connectivity index is 2.43. The summed E-state index contributed by atoms with van der Waals surface area (Å²) in [7, 11) is 3.93. The molecule has 0 spiro atoms. The van der Waals surface area contributed by atoms with Gasteiger partial charge < -0.3 is 20.1 Å². The molecule has 0 aliphatic carbocycles. The number of nitrogens with one attached hydrogen (secondary N) is 1. The third kappa shape index (κ3) is 5.61. The lowest BCUT2D eigenvalue weighted by atomic mass is 10.2. The van der Waals surface area contributed by atoms with E-state index in [1.165, 1.54) is 0 Å². The monoisotopic (exact) mass is 266 g/mol. The number of ether oxygens (including phenoxy) is 1. The molecule has 106 valence electrons. The molecule has 0 saturated heterocycles. The quantitative estimate of drug-likeness (QED) is 0.732. The van der Waals surface area contributed by atoms with Gasteiger partial charge in [-0.25, -0.2) is 0 Å². The second-order valence-corrected chi connectivity index (χ2v) is 4.49. The van der Waals surface area contributed by atoms with Gasteiger partial charge in [0.05, 0.1) is 19.1 Å². The SMILES string of the molecule is CCOC(=O)CC(O)CNc1cccc(N(C)C)c1. The van der Waals surface area contributed by atoms with E-state index in [4.69, 9.17) is 4.74 Å². The molecule has 0 radical (unpaired) electrons. The van der Waals surface area contributed by atoms with Crippen LogP contribution in [0.4, 0.5) is 11.4 Å². The summed E-state index contributed by atoms with van der Waals surface area (Å²) in [5.41, 5.74) is 1.99. The van der Waals surface area contributed by atoms with Crippen molar-refractivity contribution in [2.45, 2.75) is 19.4 Å². The van der Waals surface area contributed by atoms with E-state index in [0.717, 1.165) is 11.4 Å². The zero-order valence-electron chi connectivity index (χ0n) is 11.7. The van der Waals surface area contributed by atoms with Crippen molar-refractivity contribution in [3.05, 3.63) is 24.3 Å². The molecule has 2 N–H and O–H groups in total. The van der Waals surface area contributed by atoms with Crippen molar-refractivity contribution in [1.82, 2.24) is 0 Å². The summed E-state index contributed by atoms with van der Waals surface area (Å²) in [4.78, 5) is 13.2. The average molecular weight is 266 g/mol. The number of hydrogen-bond acceptors (Lipinski definition) is 5. The Morgan fingerprint density at radius 2 is 2.21 bits per heavy atom. The van der Waals surface area contributed by atoms with Crippen molar-refractivity contribution in [2.75, 3.05) is 37.5 Å². The van der Waals surface area contributed by atoms with Gasteiger partial charge >= 0.3 is 5.97 Å². The standard InChI is InChI=1S/C14H22N2O3/c1-4-19-14(18)9-13(17)10-15-11-6-5-7-12(8-11)16(2)3/h5-8,13,15,17H,4,9-10H2,1-3H3. The smallest absolute Gasteiger partial charge is 0.308 e. The first-order valence-electron chi connectivity index (χ1n) is 6.38. The molecule has 0 aliphatic rings. The van der Waals surface area contributed by atoms with E-state index in [2.05, 4.69) is 5.32 Å². The maximum Gasteiger partial charge on any atom is 0.308 e. The van der Waals surface area contributed by atoms with E-state index < -0.39 is 6.10 Å². The third-order valence-corrected chi connectivity index (χ3v) is 2.61. The second kappa shape index (κ2) is 7.63. The molecule has 1 atom stereocenters. The first kappa shape index (κ1) is 15.3. The van der Waals surface area contributed by atoms with E-state index in [9.17, 15) is 9.90 Å². The minimum absolute atomic E-state index is 0.00815. The maximum absolute atomic E-state index is 11.2. The number of aliphatic hydroxyl groups excluding tert-OH is 1. The van der Waals surface area contributed by atoms with E-state index in [0.29, 0.717) is 13.2 Å².